The summed E-state index contributed by atoms with van der Waals surface area (Å²) < 4.78 is 6.51. The van der Waals surface area contributed by atoms with Crippen molar-refractivity contribution in [2.45, 2.75) is 20.4 Å². The summed E-state index contributed by atoms with van der Waals surface area (Å²) in [5.41, 5.74) is 0. The lowest BCUT2D eigenvalue weighted by atomic mass is 10.6. The normalized spacial score (nSPS) is 10.6. The highest BCUT2D eigenvalue weighted by Crippen LogP contribution is 1.99. The average molecular weight is 180 g/mol. The smallest absolute Gasteiger partial charge is 0.248 e. The number of hydrogen-bond acceptors (Lipinski definition) is 6. The predicted molar refractivity (Wildman–Crippen MR) is 40.7 cm³/mol. The molecule has 2 rings (SSSR count). The first kappa shape index (κ1) is 7.84. The minimum Gasteiger partial charge on any atom is -0.337 e. The van der Waals surface area contributed by atoms with Crippen molar-refractivity contribution in [3.8, 4) is 0 Å². The van der Waals surface area contributed by atoms with Crippen molar-refractivity contribution in [3.05, 3.63) is 17.5 Å². The van der Waals surface area contributed by atoms with Crippen LogP contribution in [-0.2, 0) is 6.54 Å². The second-order valence-corrected chi connectivity index (χ2v) is 2.62. The van der Waals surface area contributed by atoms with Crippen molar-refractivity contribution in [1.29, 1.82) is 0 Å². The molecule has 13 heavy (non-hydrogen) atoms. The van der Waals surface area contributed by atoms with Crippen LogP contribution in [0.1, 0.15) is 17.5 Å². The maximum absolute atomic E-state index is 4.92. The van der Waals surface area contributed by atoms with Crippen LogP contribution < -0.4 is 0 Å². The maximum Gasteiger partial charge on any atom is 0.248 e. The highest BCUT2D eigenvalue weighted by molar-refractivity contribution is 4.85. The molecule has 0 N–H and O–H groups in total. The summed E-state index contributed by atoms with van der Waals surface area (Å²) in [4.78, 5) is 4.03. The van der Waals surface area contributed by atoms with E-state index in [1.54, 1.807) is 11.6 Å². The van der Waals surface area contributed by atoms with E-state index in [1.807, 2.05) is 6.92 Å². The SMILES string of the molecule is Cc1noc(Cn2nnnc2C)n1. The Morgan fingerprint density at radius 3 is 2.77 bits per heavy atom. The molecule has 2 heterocycles. The van der Waals surface area contributed by atoms with Crippen LogP contribution in [-0.4, -0.2) is 30.3 Å². The number of rotatable bonds is 2. The molecule has 0 saturated carbocycles. The van der Waals surface area contributed by atoms with Gasteiger partial charge in [0.25, 0.3) is 0 Å². The molecule has 2 aromatic heterocycles. The maximum atomic E-state index is 4.92. The lowest BCUT2D eigenvalue weighted by Gasteiger charge is -1.94. The van der Waals surface area contributed by atoms with E-state index >= 15 is 0 Å². The molecule has 0 aliphatic carbocycles. The fourth-order valence-corrected chi connectivity index (χ4v) is 0.928. The minimum atomic E-state index is 0.416. The van der Waals surface area contributed by atoms with E-state index in [0.717, 1.165) is 5.82 Å². The summed E-state index contributed by atoms with van der Waals surface area (Å²) in [5, 5.41) is 14.6. The Kier molecular flexibility index (Phi) is 1.76. The van der Waals surface area contributed by atoms with E-state index in [4.69, 9.17) is 4.52 Å². The summed E-state index contributed by atoms with van der Waals surface area (Å²) in [6.07, 6.45) is 0. The van der Waals surface area contributed by atoms with Crippen LogP contribution in [0.3, 0.4) is 0 Å². The van der Waals surface area contributed by atoms with Crippen LogP contribution in [0, 0.1) is 13.8 Å². The molecular weight excluding hydrogens is 172 g/mol. The standard InChI is InChI=1S/C6H8N6O/c1-4-7-6(13-9-4)3-12-5(2)8-10-11-12/h3H2,1-2H3. The molecule has 0 fully saturated rings. The molecule has 7 nitrogen and oxygen atoms in total. The van der Waals surface area contributed by atoms with Crippen LogP contribution in [0.2, 0.25) is 0 Å². The van der Waals surface area contributed by atoms with Gasteiger partial charge < -0.3 is 4.52 Å². The predicted octanol–water partition coefficient (Wildman–Crippen LogP) is -0.279. The molecule has 0 bridgehead atoms. The molecule has 0 spiro atoms. The fraction of sp³-hybridized carbons (Fsp3) is 0.500. The Bertz CT molecular complexity index is 405. The van der Waals surface area contributed by atoms with E-state index < -0.39 is 0 Å². The largest absolute Gasteiger partial charge is 0.337 e. The van der Waals surface area contributed by atoms with Gasteiger partial charge in [-0.05, 0) is 24.3 Å². The minimum absolute atomic E-state index is 0.416. The summed E-state index contributed by atoms with van der Waals surface area (Å²) in [6, 6.07) is 0. The van der Waals surface area contributed by atoms with Gasteiger partial charge in [-0.3, -0.25) is 0 Å². The molecule has 0 amide bonds. The number of aromatic nitrogens is 6. The van der Waals surface area contributed by atoms with Crippen LogP contribution in [0.25, 0.3) is 0 Å². The number of nitrogens with zero attached hydrogens (tertiary/aromatic N) is 6. The van der Waals surface area contributed by atoms with Gasteiger partial charge in [-0.1, -0.05) is 5.16 Å². The lowest BCUT2D eigenvalue weighted by Crippen LogP contribution is -2.04. The number of hydrogen-bond donors (Lipinski definition) is 0. The molecule has 0 radical (unpaired) electrons. The Morgan fingerprint density at radius 2 is 2.23 bits per heavy atom. The third-order valence-electron chi connectivity index (χ3n) is 1.57. The molecule has 0 saturated heterocycles. The van der Waals surface area contributed by atoms with E-state index in [-0.39, 0.29) is 0 Å². The molecule has 0 aliphatic rings. The van der Waals surface area contributed by atoms with Crippen LogP contribution in [0.15, 0.2) is 4.52 Å². The molecule has 68 valence electrons. The molecule has 2 aromatic rings. The van der Waals surface area contributed by atoms with Crippen molar-refractivity contribution in [1.82, 2.24) is 30.3 Å². The summed E-state index contributed by atoms with van der Waals surface area (Å²) in [5.74, 6) is 1.84. The van der Waals surface area contributed by atoms with E-state index in [9.17, 15) is 0 Å². The van der Waals surface area contributed by atoms with Crippen molar-refractivity contribution in [2.75, 3.05) is 0 Å². The fourth-order valence-electron chi connectivity index (χ4n) is 0.928. The lowest BCUT2D eigenvalue weighted by molar-refractivity contribution is 0.360. The topological polar surface area (TPSA) is 82.5 Å². The zero-order valence-corrected chi connectivity index (χ0v) is 7.30. The molecule has 0 unspecified atom stereocenters. The van der Waals surface area contributed by atoms with Gasteiger partial charge >= 0.3 is 0 Å². The number of aryl methyl sites for hydroxylation is 2. The van der Waals surface area contributed by atoms with E-state index in [0.29, 0.717) is 18.3 Å². The summed E-state index contributed by atoms with van der Waals surface area (Å²) in [7, 11) is 0. The summed E-state index contributed by atoms with van der Waals surface area (Å²) >= 11 is 0. The van der Waals surface area contributed by atoms with Crippen LogP contribution >= 0.6 is 0 Å². The Hall–Kier alpha value is -1.79. The highest BCUT2D eigenvalue weighted by Gasteiger charge is 2.06. The van der Waals surface area contributed by atoms with Gasteiger partial charge in [0.15, 0.2) is 5.82 Å². The Balaban J connectivity index is 2.19. The molecular formula is C6H8N6O. The Labute approximate surface area is 73.8 Å². The molecule has 0 aliphatic heterocycles. The Morgan fingerprint density at radius 1 is 1.38 bits per heavy atom. The van der Waals surface area contributed by atoms with Gasteiger partial charge in [0.2, 0.25) is 5.89 Å². The second kappa shape index (κ2) is 2.92. The second-order valence-electron chi connectivity index (χ2n) is 2.62. The third-order valence-corrected chi connectivity index (χ3v) is 1.57. The monoisotopic (exact) mass is 180 g/mol. The van der Waals surface area contributed by atoms with Crippen molar-refractivity contribution in [3.63, 3.8) is 0 Å². The van der Waals surface area contributed by atoms with Crippen molar-refractivity contribution < 1.29 is 4.52 Å². The van der Waals surface area contributed by atoms with Gasteiger partial charge in [-0.15, -0.1) is 5.10 Å². The van der Waals surface area contributed by atoms with Gasteiger partial charge in [-0.2, -0.15) is 4.98 Å². The zero-order chi connectivity index (χ0) is 9.26. The average Bonchev–Trinajstić information content (AvgIpc) is 2.64. The first-order valence-electron chi connectivity index (χ1n) is 3.77. The highest BCUT2D eigenvalue weighted by atomic mass is 16.5. The quantitative estimate of drug-likeness (QED) is 0.632. The van der Waals surface area contributed by atoms with Gasteiger partial charge in [0.05, 0.1) is 0 Å². The molecule has 7 heteroatoms. The van der Waals surface area contributed by atoms with Gasteiger partial charge in [-0.25, -0.2) is 4.68 Å². The first-order valence-corrected chi connectivity index (χ1v) is 3.77. The van der Waals surface area contributed by atoms with Crippen LogP contribution in [0.4, 0.5) is 0 Å². The van der Waals surface area contributed by atoms with Gasteiger partial charge in [0.1, 0.15) is 12.4 Å². The first-order chi connectivity index (χ1) is 6.25. The van der Waals surface area contributed by atoms with E-state index in [1.165, 1.54) is 0 Å². The van der Waals surface area contributed by atoms with Crippen molar-refractivity contribution in [2.24, 2.45) is 0 Å². The number of tetrazole rings is 1. The third kappa shape index (κ3) is 1.53. The van der Waals surface area contributed by atoms with E-state index in [2.05, 4.69) is 25.7 Å². The van der Waals surface area contributed by atoms with Crippen LogP contribution in [0.5, 0.6) is 0 Å². The summed E-state index contributed by atoms with van der Waals surface area (Å²) in [6.45, 7) is 3.99. The van der Waals surface area contributed by atoms with Crippen molar-refractivity contribution >= 4 is 0 Å². The molecule has 0 aromatic carbocycles. The zero-order valence-electron chi connectivity index (χ0n) is 7.30. The van der Waals surface area contributed by atoms with Gasteiger partial charge in [0, 0.05) is 0 Å². The molecule has 0 atom stereocenters.